The van der Waals surface area contributed by atoms with Crippen LogP contribution in [0.2, 0.25) is 0 Å². The quantitative estimate of drug-likeness (QED) is 0.0461. The zero-order valence-corrected chi connectivity index (χ0v) is 37.3. The highest BCUT2D eigenvalue weighted by molar-refractivity contribution is 5.72. The van der Waals surface area contributed by atoms with Crippen molar-refractivity contribution in [1.82, 2.24) is 4.90 Å². The molecular formula is C49H95NO4. The van der Waals surface area contributed by atoms with Gasteiger partial charge in [-0.15, -0.1) is 0 Å². The highest BCUT2D eigenvalue weighted by Crippen LogP contribution is 2.30. The number of likely N-dealkylation sites (tertiary alicyclic amines) is 1. The topological polar surface area (TPSA) is 55.8 Å². The van der Waals surface area contributed by atoms with Crippen molar-refractivity contribution in [3.8, 4) is 0 Å². The molecule has 1 saturated heterocycles. The summed E-state index contributed by atoms with van der Waals surface area (Å²) in [6, 6.07) is 0.662. The maximum Gasteiger partial charge on any atom is 0.308 e. The fraction of sp³-hybridized carbons (Fsp3) is 0.959. The first-order valence-corrected chi connectivity index (χ1v) is 24.6. The van der Waals surface area contributed by atoms with Crippen molar-refractivity contribution in [2.45, 2.75) is 259 Å². The maximum absolute atomic E-state index is 13.2. The number of hydrogen-bond acceptors (Lipinski definition) is 5. The second-order valence-corrected chi connectivity index (χ2v) is 17.5. The van der Waals surface area contributed by atoms with Crippen molar-refractivity contribution >= 4 is 11.9 Å². The van der Waals surface area contributed by atoms with Gasteiger partial charge in [0.25, 0.3) is 0 Å². The third kappa shape index (κ3) is 27.5. The molecule has 0 aliphatic carbocycles. The van der Waals surface area contributed by atoms with E-state index in [4.69, 9.17) is 9.47 Å². The van der Waals surface area contributed by atoms with E-state index < -0.39 is 0 Å². The van der Waals surface area contributed by atoms with Crippen molar-refractivity contribution in [3.05, 3.63) is 0 Å². The molecule has 5 nitrogen and oxygen atoms in total. The molecule has 1 heterocycles. The van der Waals surface area contributed by atoms with Gasteiger partial charge in [-0.1, -0.05) is 182 Å². The van der Waals surface area contributed by atoms with E-state index in [9.17, 15) is 9.59 Å². The lowest BCUT2D eigenvalue weighted by Gasteiger charge is -2.40. The minimum atomic E-state index is 0.0758. The van der Waals surface area contributed by atoms with Gasteiger partial charge in [0.1, 0.15) is 0 Å². The van der Waals surface area contributed by atoms with Crippen LogP contribution in [-0.2, 0) is 19.1 Å². The van der Waals surface area contributed by atoms with E-state index in [0.717, 1.165) is 70.1 Å². The molecule has 4 atom stereocenters. The van der Waals surface area contributed by atoms with Crippen molar-refractivity contribution in [1.29, 1.82) is 0 Å². The first-order valence-electron chi connectivity index (χ1n) is 24.6. The summed E-state index contributed by atoms with van der Waals surface area (Å²) in [5, 5.41) is 0. The Morgan fingerprint density at radius 3 is 1.37 bits per heavy atom. The highest BCUT2D eigenvalue weighted by Gasteiger charge is 2.28. The standard InChI is InChI=1S/C49H95NO4/c1-6-11-16-20-22-27-35-45(33-25-18-13-8-3)48(51)53-41-30-24-29-37-47-43-44(38-40-50(47)39-15-10-5)32-31-42-54-49(52)46(34-26-19-14-9-4)36-28-23-21-17-12-7-2/h44-47H,6-43H2,1-5H3. The minimum absolute atomic E-state index is 0.0758. The van der Waals surface area contributed by atoms with Crippen molar-refractivity contribution in [3.63, 3.8) is 0 Å². The van der Waals surface area contributed by atoms with Gasteiger partial charge in [-0.2, -0.15) is 0 Å². The highest BCUT2D eigenvalue weighted by atomic mass is 16.5. The number of nitrogens with zero attached hydrogens (tertiary/aromatic N) is 1. The van der Waals surface area contributed by atoms with Gasteiger partial charge in [0.2, 0.25) is 0 Å². The Hall–Kier alpha value is -1.10. The lowest BCUT2D eigenvalue weighted by molar-refractivity contribution is -0.150. The molecule has 1 aliphatic rings. The zero-order valence-electron chi connectivity index (χ0n) is 37.3. The number of rotatable bonds is 39. The molecule has 0 spiro atoms. The summed E-state index contributed by atoms with van der Waals surface area (Å²) in [5.41, 5.74) is 0. The van der Waals surface area contributed by atoms with E-state index in [2.05, 4.69) is 39.5 Å². The van der Waals surface area contributed by atoms with Gasteiger partial charge >= 0.3 is 11.9 Å². The minimum Gasteiger partial charge on any atom is -0.465 e. The Morgan fingerprint density at radius 1 is 0.481 bits per heavy atom. The molecule has 0 amide bonds. The summed E-state index contributed by atoms with van der Waals surface area (Å²) in [4.78, 5) is 29.0. The van der Waals surface area contributed by atoms with Crippen LogP contribution >= 0.6 is 0 Å². The van der Waals surface area contributed by atoms with Crippen LogP contribution < -0.4 is 0 Å². The van der Waals surface area contributed by atoms with Gasteiger partial charge in [0.05, 0.1) is 25.0 Å². The van der Waals surface area contributed by atoms with E-state index >= 15 is 0 Å². The van der Waals surface area contributed by atoms with Crippen LogP contribution in [0.4, 0.5) is 0 Å². The lowest BCUT2D eigenvalue weighted by Crippen LogP contribution is -2.43. The van der Waals surface area contributed by atoms with Crippen LogP contribution in [0, 0.1) is 17.8 Å². The fourth-order valence-corrected chi connectivity index (χ4v) is 8.75. The number of piperidine rings is 1. The summed E-state index contributed by atoms with van der Waals surface area (Å²) in [5.74, 6) is 1.10. The normalized spacial score (nSPS) is 17.4. The molecule has 1 rings (SSSR count). The smallest absolute Gasteiger partial charge is 0.308 e. The molecule has 320 valence electrons. The SMILES string of the molecule is CCCCCCCCC(CCCCCC)C(=O)OCCCCCC1CC(CCCOC(=O)C(CCCCCC)CCCCCCCC)CCN1CCCC. The molecule has 4 unspecified atom stereocenters. The number of carbonyl (C=O) groups is 2. The lowest BCUT2D eigenvalue weighted by atomic mass is 9.85. The molecule has 5 heteroatoms. The first-order chi connectivity index (χ1) is 26.5. The van der Waals surface area contributed by atoms with Gasteiger partial charge in [0, 0.05) is 6.04 Å². The summed E-state index contributed by atoms with van der Waals surface area (Å²) in [7, 11) is 0. The van der Waals surface area contributed by atoms with Gasteiger partial charge in [-0.3, -0.25) is 9.59 Å². The predicted molar refractivity (Wildman–Crippen MR) is 233 cm³/mol. The monoisotopic (exact) mass is 762 g/mol. The Balaban J connectivity index is 2.46. The second kappa shape index (κ2) is 37.5. The average molecular weight is 762 g/mol. The second-order valence-electron chi connectivity index (χ2n) is 17.5. The molecule has 0 radical (unpaired) electrons. The summed E-state index contributed by atoms with van der Waals surface area (Å²) >= 11 is 0. The number of ether oxygens (including phenoxy) is 2. The summed E-state index contributed by atoms with van der Waals surface area (Å²) < 4.78 is 11.9. The zero-order chi connectivity index (χ0) is 39.3. The van der Waals surface area contributed by atoms with Crippen LogP contribution in [0.25, 0.3) is 0 Å². The third-order valence-electron chi connectivity index (χ3n) is 12.5. The number of hydrogen-bond donors (Lipinski definition) is 0. The molecule has 0 saturated carbocycles. The first kappa shape index (κ1) is 50.9. The Bertz CT molecular complexity index is 832. The number of unbranched alkanes of at least 4 members (excludes halogenated alkanes) is 19. The largest absolute Gasteiger partial charge is 0.465 e. The van der Waals surface area contributed by atoms with Gasteiger partial charge < -0.3 is 14.4 Å². The van der Waals surface area contributed by atoms with E-state index in [1.54, 1.807) is 0 Å². The van der Waals surface area contributed by atoms with Gasteiger partial charge in [-0.25, -0.2) is 0 Å². The van der Waals surface area contributed by atoms with Crippen molar-refractivity contribution in [2.24, 2.45) is 17.8 Å². The van der Waals surface area contributed by atoms with Crippen molar-refractivity contribution in [2.75, 3.05) is 26.3 Å². The maximum atomic E-state index is 13.2. The summed E-state index contributed by atoms with van der Waals surface area (Å²) in [6.07, 6.45) is 41.0. The molecular weight excluding hydrogens is 667 g/mol. The van der Waals surface area contributed by atoms with Gasteiger partial charge in [0.15, 0.2) is 0 Å². The fourth-order valence-electron chi connectivity index (χ4n) is 8.75. The molecule has 0 aromatic heterocycles. The van der Waals surface area contributed by atoms with Crippen LogP contribution in [0.5, 0.6) is 0 Å². The van der Waals surface area contributed by atoms with Crippen LogP contribution in [0.3, 0.4) is 0 Å². The Kier molecular flexibility index (Phi) is 35.3. The molecule has 1 fully saturated rings. The molecule has 0 bridgehead atoms. The van der Waals surface area contributed by atoms with E-state index in [1.165, 1.54) is 167 Å². The van der Waals surface area contributed by atoms with E-state index in [1.807, 2.05) is 0 Å². The van der Waals surface area contributed by atoms with Gasteiger partial charge in [-0.05, 0) is 89.6 Å². The molecule has 0 aromatic rings. The van der Waals surface area contributed by atoms with Crippen LogP contribution in [0.15, 0.2) is 0 Å². The molecule has 0 N–H and O–H groups in total. The number of carbonyl (C=O) groups excluding carboxylic acids is 2. The number of esters is 2. The van der Waals surface area contributed by atoms with E-state index in [-0.39, 0.29) is 23.8 Å². The van der Waals surface area contributed by atoms with Crippen LogP contribution in [-0.4, -0.2) is 49.2 Å². The third-order valence-corrected chi connectivity index (χ3v) is 12.5. The summed E-state index contributed by atoms with van der Waals surface area (Å²) in [6.45, 7) is 15.0. The molecule has 54 heavy (non-hydrogen) atoms. The Morgan fingerprint density at radius 2 is 0.889 bits per heavy atom. The van der Waals surface area contributed by atoms with Crippen LogP contribution in [0.1, 0.15) is 253 Å². The van der Waals surface area contributed by atoms with Crippen molar-refractivity contribution < 1.29 is 19.1 Å². The Labute approximate surface area is 338 Å². The van der Waals surface area contributed by atoms with E-state index in [0.29, 0.717) is 19.3 Å². The average Bonchev–Trinajstić information content (AvgIpc) is 3.18. The predicted octanol–water partition coefficient (Wildman–Crippen LogP) is 15.0. The molecule has 1 aliphatic heterocycles. The molecule has 0 aromatic carbocycles.